The van der Waals surface area contributed by atoms with E-state index in [9.17, 15) is 9.59 Å². The van der Waals surface area contributed by atoms with Gasteiger partial charge in [0.05, 0.1) is 17.4 Å². The van der Waals surface area contributed by atoms with E-state index in [4.69, 9.17) is 0 Å². The molecule has 0 spiro atoms. The van der Waals surface area contributed by atoms with Gasteiger partial charge in [0.2, 0.25) is 5.91 Å². The quantitative estimate of drug-likeness (QED) is 0.511. The summed E-state index contributed by atoms with van der Waals surface area (Å²) in [6.45, 7) is 1.31. The number of benzene rings is 1. The van der Waals surface area contributed by atoms with E-state index < -0.39 is 0 Å². The van der Waals surface area contributed by atoms with Crippen LogP contribution in [0.5, 0.6) is 0 Å². The molecule has 2 N–H and O–H groups in total. The second-order valence-corrected chi connectivity index (χ2v) is 10.3. The highest BCUT2D eigenvalue weighted by molar-refractivity contribution is 8.00. The Morgan fingerprint density at radius 2 is 1.87 bits per heavy atom. The zero-order valence-electron chi connectivity index (χ0n) is 18.4. The number of nitrogens with one attached hydrogen (secondary N) is 2. The van der Waals surface area contributed by atoms with Gasteiger partial charge in [0.15, 0.2) is 0 Å². The standard InChI is InChI=1S/C24H33N3O2S2/c1-27(2)20(22-13-8-14-30-22)16-26-24(29)19-11-6-7-12-21(19)31-17-23(28)25-15-18-9-4-3-5-10-18/h6-8,11-14,18,20H,3-5,9-10,15-17H2,1-2H3,(H,25,28)(H,26,29). The molecule has 1 saturated carbocycles. The van der Waals surface area contributed by atoms with Gasteiger partial charge >= 0.3 is 0 Å². The molecule has 5 nitrogen and oxygen atoms in total. The van der Waals surface area contributed by atoms with Crippen LogP contribution in [0.15, 0.2) is 46.7 Å². The summed E-state index contributed by atoms with van der Waals surface area (Å²) in [4.78, 5) is 29.4. The lowest BCUT2D eigenvalue weighted by Crippen LogP contribution is -2.34. The van der Waals surface area contributed by atoms with Gasteiger partial charge in [0.1, 0.15) is 0 Å². The summed E-state index contributed by atoms with van der Waals surface area (Å²) in [6.07, 6.45) is 6.31. The minimum atomic E-state index is -0.103. The van der Waals surface area contributed by atoms with Crippen LogP contribution in [0.4, 0.5) is 0 Å². The Morgan fingerprint density at radius 3 is 2.58 bits per heavy atom. The normalized spacial score (nSPS) is 15.6. The molecular formula is C24H33N3O2S2. The van der Waals surface area contributed by atoms with E-state index in [2.05, 4.69) is 27.0 Å². The maximum absolute atomic E-state index is 12.9. The molecular weight excluding hydrogens is 426 g/mol. The third-order valence-electron chi connectivity index (χ3n) is 5.75. The van der Waals surface area contributed by atoms with E-state index in [0.717, 1.165) is 11.4 Å². The number of hydrogen-bond donors (Lipinski definition) is 2. The third kappa shape index (κ3) is 7.37. The molecule has 31 heavy (non-hydrogen) atoms. The molecule has 2 amide bonds. The fourth-order valence-corrected chi connectivity index (χ4v) is 5.73. The highest BCUT2D eigenvalue weighted by Crippen LogP contribution is 2.25. The van der Waals surface area contributed by atoms with Gasteiger partial charge in [0.25, 0.3) is 5.91 Å². The Bertz CT molecular complexity index is 833. The first-order valence-corrected chi connectivity index (χ1v) is 12.9. The molecule has 1 aromatic carbocycles. The molecule has 7 heteroatoms. The number of hydrogen-bond acceptors (Lipinski definition) is 5. The number of nitrogens with zero attached hydrogens (tertiary/aromatic N) is 1. The van der Waals surface area contributed by atoms with Crippen LogP contribution in [0.2, 0.25) is 0 Å². The second kappa shape index (κ2) is 12.3. The minimum absolute atomic E-state index is 0.0381. The Labute approximate surface area is 194 Å². The predicted molar refractivity (Wildman–Crippen MR) is 130 cm³/mol. The molecule has 0 aliphatic heterocycles. The number of carbonyl (C=O) groups excluding carboxylic acids is 2. The van der Waals surface area contributed by atoms with E-state index in [0.29, 0.717) is 23.8 Å². The highest BCUT2D eigenvalue weighted by Gasteiger charge is 2.19. The lowest BCUT2D eigenvalue weighted by Gasteiger charge is -2.23. The number of thiophene rings is 1. The molecule has 2 aromatic rings. The molecule has 0 bridgehead atoms. The molecule has 168 valence electrons. The van der Waals surface area contributed by atoms with Crippen molar-refractivity contribution in [2.24, 2.45) is 5.92 Å². The van der Waals surface area contributed by atoms with E-state index in [1.54, 1.807) is 11.3 Å². The molecule has 0 radical (unpaired) electrons. The second-order valence-electron chi connectivity index (χ2n) is 8.30. The Morgan fingerprint density at radius 1 is 1.10 bits per heavy atom. The first-order valence-electron chi connectivity index (χ1n) is 11.0. The van der Waals surface area contributed by atoms with Crippen molar-refractivity contribution in [1.29, 1.82) is 0 Å². The van der Waals surface area contributed by atoms with Gasteiger partial charge in [-0.15, -0.1) is 23.1 Å². The van der Waals surface area contributed by atoms with Gasteiger partial charge < -0.3 is 15.5 Å². The Balaban J connectivity index is 1.51. The lowest BCUT2D eigenvalue weighted by atomic mass is 9.89. The van der Waals surface area contributed by atoms with Crippen molar-refractivity contribution in [3.05, 3.63) is 52.2 Å². The number of carbonyl (C=O) groups is 2. The van der Waals surface area contributed by atoms with Crippen LogP contribution in [-0.2, 0) is 4.79 Å². The maximum Gasteiger partial charge on any atom is 0.252 e. The summed E-state index contributed by atoms with van der Waals surface area (Å²) in [6, 6.07) is 11.8. The predicted octanol–water partition coefficient (Wildman–Crippen LogP) is 4.57. The fourth-order valence-electron chi connectivity index (χ4n) is 3.93. The minimum Gasteiger partial charge on any atom is -0.355 e. The van der Waals surface area contributed by atoms with Crippen molar-refractivity contribution >= 4 is 34.9 Å². The van der Waals surface area contributed by atoms with Crippen LogP contribution in [-0.4, -0.2) is 49.7 Å². The van der Waals surface area contributed by atoms with E-state index in [-0.39, 0.29) is 17.9 Å². The third-order valence-corrected chi connectivity index (χ3v) is 7.80. The van der Waals surface area contributed by atoms with Crippen molar-refractivity contribution in [2.75, 3.05) is 32.9 Å². The Kier molecular flexibility index (Phi) is 9.43. The van der Waals surface area contributed by atoms with Crippen LogP contribution in [0.3, 0.4) is 0 Å². The smallest absolute Gasteiger partial charge is 0.252 e. The van der Waals surface area contributed by atoms with Gasteiger partial charge in [-0.3, -0.25) is 9.59 Å². The summed E-state index contributed by atoms with van der Waals surface area (Å²) in [5.74, 6) is 0.881. The van der Waals surface area contributed by atoms with E-state index >= 15 is 0 Å². The van der Waals surface area contributed by atoms with Crippen LogP contribution < -0.4 is 10.6 Å². The molecule has 1 aromatic heterocycles. The van der Waals surface area contributed by atoms with Crippen LogP contribution in [0, 0.1) is 5.92 Å². The van der Waals surface area contributed by atoms with Crippen molar-refractivity contribution < 1.29 is 9.59 Å². The average molecular weight is 460 g/mol. The number of amides is 2. The van der Waals surface area contributed by atoms with E-state index in [1.165, 1.54) is 48.7 Å². The summed E-state index contributed by atoms with van der Waals surface area (Å²) < 4.78 is 0. The molecule has 1 heterocycles. The molecule has 1 fully saturated rings. The molecule has 0 saturated heterocycles. The highest BCUT2D eigenvalue weighted by atomic mass is 32.2. The van der Waals surface area contributed by atoms with Gasteiger partial charge in [-0.05, 0) is 56.4 Å². The van der Waals surface area contributed by atoms with Crippen LogP contribution in [0.1, 0.15) is 53.4 Å². The first kappa shape index (κ1) is 23.8. The van der Waals surface area contributed by atoms with E-state index in [1.807, 2.05) is 44.4 Å². The van der Waals surface area contributed by atoms with Gasteiger partial charge in [-0.1, -0.05) is 37.5 Å². The fraction of sp³-hybridized carbons (Fsp3) is 0.500. The van der Waals surface area contributed by atoms with Crippen LogP contribution >= 0.6 is 23.1 Å². The van der Waals surface area contributed by atoms with Crippen molar-refractivity contribution in [1.82, 2.24) is 15.5 Å². The first-order chi connectivity index (χ1) is 15.0. The summed E-state index contributed by atoms with van der Waals surface area (Å²) in [7, 11) is 4.04. The van der Waals surface area contributed by atoms with Gasteiger partial charge in [0, 0.05) is 22.9 Å². The number of thioether (sulfide) groups is 1. The van der Waals surface area contributed by atoms with Crippen molar-refractivity contribution in [3.8, 4) is 0 Å². The maximum atomic E-state index is 12.9. The van der Waals surface area contributed by atoms with Crippen LogP contribution in [0.25, 0.3) is 0 Å². The van der Waals surface area contributed by atoms with Gasteiger partial charge in [-0.2, -0.15) is 0 Å². The Hall–Kier alpha value is -1.83. The largest absolute Gasteiger partial charge is 0.355 e. The topological polar surface area (TPSA) is 61.4 Å². The average Bonchev–Trinajstić information content (AvgIpc) is 3.31. The molecule has 1 atom stereocenters. The van der Waals surface area contributed by atoms with Gasteiger partial charge in [-0.25, -0.2) is 0 Å². The zero-order valence-corrected chi connectivity index (χ0v) is 20.1. The zero-order chi connectivity index (χ0) is 22.1. The summed E-state index contributed by atoms with van der Waals surface area (Å²) >= 11 is 3.12. The molecule has 1 aliphatic carbocycles. The monoisotopic (exact) mass is 459 g/mol. The number of rotatable bonds is 10. The summed E-state index contributed by atoms with van der Waals surface area (Å²) in [5.41, 5.74) is 0.622. The lowest BCUT2D eigenvalue weighted by molar-refractivity contribution is -0.118. The number of likely N-dealkylation sites (N-methyl/N-ethyl adjacent to an activating group) is 1. The molecule has 1 aliphatic rings. The molecule has 3 rings (SSSR count). The SMILES string of the molecule is CN(C)C(CNC(=O)c1ccccc1SCC(=O)NCC1CCCCC1)c1cccs1. The summed E-state index contributed by atoms with van der Waals surface area (Å²) in [5, 5.41) is 8.21. The van der Waals surface area contributed by atoms with Crippen molar-refractivity contribution in [3.63, 3.8) is 0 Å². The van der Waals surface area contributed by atoms with Crippen molar-refractivity contribution in [2.45, 2.75) is 43.0 Å². The molecule has 1 unspecified atom stereocenters.